The third-order valence-corrected chi connectivity index (χ3v) is 4.51. The third kappa shape index (κ3) is 4.66. The monoisotopic (exact) mass is 426 g/mol. The Kier molecular flexibility index (Phi) is 5.57. The number of aromatic amines is 1. The highest BCUT2D eigenvalue weighted by molar-refractivity contribution is 5.70. The van der Waals surface area contributed by atoms with Gasteiger partial charge in [0.25, 0.3) is 0 Å². The Bertz CT molecular complexity index is 1160. The molecule has 0 aliphatic heterocycles. The highest BCUT2D eigenvalue weighted by atomic mass is 19.4. The quantitative estimate of drug-likeness (QED) is 0.462. The SMILES string of the molecule is COc1cc(OCc2ccc(C(F)(F)F)cn2)ccc1-c1cnc(-c2cccnc2)[nH]1. The molecule has 0 bridgehead atoms. The van der Waals surface area contributed by atoms with Crippen molar-refractivity contribution in [1.29, 1.82) is 0 Å². The first-order valence-electron chi connectivity index (χ1n) is 9.23. The van der Waals surface area contributed by atoms with E-state index in [1.54, 1.807) is 37.8 Å². The number of hydrogen-bond donors (Lipinski definition) is 1. The summed E-state index contributed by atoms with van der Waals surface area (Å²) in [5, 5.41) is 0. The Morgan fingerprint density at radius 1 is 1.00 bits per heavy atom. The van der Waals surface area contributed by atoms with Crippen LogP contribution < -0.4 is 9.47 Å². The minimum atomic E-state index is -4.42. The van der Waals surface area contributed by atoms with Crippen LogP contribution in [0, 0.1) is 0 Å². The highest BCUT2D eigenvalue weighted by Crippen LogP contribution is 2.34. The topological polar surface area (TPSA) is 72.9 Å². The van der Waals surface area contributed by atoms with Gasteiger partial charge in [-0.1, -0.05) is 0 Å². The van der Waals surface area contributed by atoms with Crippen molar-refractivity contribution >= 4 is 0 Å². The van der Waals surface area contributed by atoms with Crippen LogP contribution in [0.15, 0.2) is 67.3 Å². The van der Waals surface area contributed by atoms with Crippen molar-refractivity contribution < 1.29 is 22.6 Å². The fraction of sp³-hybridized carbons (Fsp3) is 0.136. The van der Waals surface area contributed by atoms with Crippen LogP contribution in [-0.2, 0) is 12.8 Å². The van der Waals surface area contributed by atoms with Gasteiger partial charge in [-0.05, 0) is 36.4 Å². The number of rotatable bonds is 6. The van der Waals surface area contributed by atoms with Crippen molar-refractivity contribution in [2.75, 3.05) is 7.11 Å². The fourth-order valence-corrected chi connectivity index (χ4v) is 2.93. The first-order chi connectivity index (χ1) is 14.9. The Morgan fingerprint density at radius 3 is 2.55 bits per heavy atom. The van der Waals surface area contributed by atoms with Gasteiger partial charge in [-0.15, -0.1) is 0 Å². The minimum Gasteiger partial charge on any atom is -0.496 e. The molecule has 0 saturated carbocycles. The smallest absolute Gasteiger partial charge is 0.417 e. The second-order valence-corrected chi connectivity index (χ2v) is 6.57. The summed E-state index contributed by atoms with van der Waals surface area (Å²) >= 11 is 0. The van der Waals surface area contributed by atoms with Crippen LogP contribution in [0.2, 0.25) is 0 Å². The molecule has 3 heterocycles. The standard InChI is InChI=1S/C22H17F3N4O2/c1-30-20-9-17(31-13-16-5-4-15(11-27-16)22(23,24)25)6-7-18(20)19-12-28-21(29-19)14-3-2-8-26-10-14/h2-12H,13H2,1H3,(H,28,29). The van der Waals surface area contributed by atoms with Crippen LogP contribution in [0.3, 0.4) is 0 Å². The van der Waals surface area contributed by atoms with Crippen LogP contribution in [0.4, 0.5) is 13.2 Å². The molecule has 0 aliphatic carbocycles. The number of hydrogen-bond acceptors (Lipinski definition) is 5. The molecule has 31 heavy (non-hydrogen) atoms. The average Bonchev–Trinajstić information content (AvgIpc) is 3.28. The van der Waals surface area contributed by atoms with Crippen molar-refractivity contribution in [3.63, 3.8) is 0 Å². The summed E-state index contributed by atoms with van der Waals surface area (Å²) in [6, 6.07) is 11.3. The van der Waals surface area contributed by atoms with Crippen LogP contribution in [-0.4, -0.2) is 27.0 Å². The van der Waals surface area contributed by atoms with E-state index in [9.17, 15) is 13.2 Å². The maximum Gasteiger partial charge on any atom is 0.417 e. The van der Waals surface area contributed by atoms with Gasteiger partial charge in [0.2, 0.25) is 0 Å². The molecule has 0 fully saturated rings. The van der Waals surface area contributed by atoms with Crippen LogP contribution in [0.25, 0.3) is 22.6 Å². The Hall–Kier alpha value is -3.88. The van der Waals surface area contributed by atoms with Crippen LogP contribution in [0.1, 0.15) is 11.3 Å². The molecular formula is C22H17F3N4O2. The summed E-state index contributed by atoms with van der Waals surface area (Å²) in [4.78, 5) is 15.5. The Labute approximate surface area is 175 Å². The van der Waals surface area contributed by atoms with Crippen LogP contribution >= 0.6 is 0 Å². The number of methoxy groups -OCH3 is 1. The molecular weight excluding hydrogens is 409 g/mol. The van der Waals surface area contributed by atoms with Crippen molar-refractivity contribution in [1.82, 2.24) is 19.9 Å². The molecule has 0 saturated heterocycles. The number of halogens is 3. The summed E-state index contributed by atoms with van der Waals surface area (Å²) < 4.78 is 49.1. The van der Waals surface area contributed by atoms with E-state index in [1.165, 1.54) is 6.07 Å². The number of H-pyrrole nitrogens is 1. The van der Waals surface area contributed by atoms with Crippen molar-refractivity contribution in [3.8, 4) is 34.1 Å². The summed E-state index contributed by atoms with van der Waals surface area (Å²) in [6.07, 6.45) is 1.48. The zero-order valence-corrected chi connectivity index (χ0v) is 16.3. The molecule has 0 atom stereocenters. The number of ether oxygens (including phenoxy) is 2. The zero-order valence-electron chi connectivity index (χ0n) is 16.3. The average molecular weight is 426 g/mol. The molecule has 0 radical (unpaired) electrons. The fourth-order valence-electron chi connectivity index (χ4n) is 2.93. The summed E-state index contributed by atoms with van der Waals surface area (Å²) in [6.45, 7) is 0.0237. The maximum absolute atomic E-state index is 12.6. The van der Waals surface area contributed by atoms with E-state index < -0.39 is 11.7 Å². The molecule has 0 aliphatic rings. The molecule has 0 unspecified atom stereocenters. The van der Waals surface area contributed by atoms with Crippen LogP contribution in [0.5, 0.6) is 11.5 Å². The summed E-state index contributed by atoms with van der Waals surface area (Å²) in [5.41, 5.74) is 1.98. The first-order valence-corrected chi connectivity index (χ1v) is 9.23. The Balaban J connectivity index is 1.49. The normalized spacial score (nSPS) is 11.4. The molecule has 1 aromatic carbocycles. The van der Waals surface area contributed by atoms with Crippen molar-refractivity contribution in [2.24, 2.45) is 0 Å². The van der Waals surface area contributed by atoms with Gasteiger partial charge < -0.3 is 14.5 Å². The predicted octanol–water partition coefficient (Wildman–Crippen LogP) is 5.14. The molecule has 3 aromatic heterocycles. The van der Waals surface area contributed by atoms with Crippen molar-refractivity contribution in [2.45, 2.75) is 12.8 Å². The van der Waals surface area contributed by atoms with E-state index in [4.69, 9.17) is 9.47 Å². The molecule has 6 nitrogen and oxygen atoms in total. The molecule has 9 heteroatoms. The van der Waals surface area contributed by atoms with Gasteiger partial charge in [-0.25, -0.2) is 4.98 Å². The number of alkyl halides is 3. The molecule has 4 aromatic rings. The van der Waals surface area contributed by atoms with E-state index in [0.717, 1.165) is 29.1 Å². The lowest BCUT2D eigenvalue weighted by molar-refractivity contribution is -0.137. The Morgan fingerprint density at radius 2 is 1.87 bits per heavy atom. The van der Waals surface area contributed by atoms with Gasteiger partial charge >= 0.3 is 6.18 Å². The third-order valence-electron chi connectivity index (χ3n) is 4.51. The number of imidazole rings is 1. The number of aromatic nitrogens is 4. The minimum absolute atomic E-state index is 0.0237. The van der Waals surface area contributed by atoms with E-state index >= 15 is 0 Å². The maximum atomic E-state index is 12.6. The second-order valence-electron chi connectivity index (χ2n) is 6.57. The zero-order chi connectivity index (χ0) is 21.8. The molecule has 0 amide bonds. The number of pyridine rings is 2. The number of nitrogens with zero attached hydrogens (tertiary/aromatic N) is 3. The van der Waals surface area contributed by atoms with Gasteiger partial charge in [0, 0.05) is 35.8 Å². The lowest BCUT2D eigenvalue weighted by atomic mass is 10.1. The summed E-state index contributed by atoms with van der Waals surface area (Å²) in [7, 11) is 1.54. The van der Waals surface area contributed by atoms with Crippen molar-refractivity contribution in [3.05, 3.63) is 78.5 Å². The van der Waals surface area contributed by atoms with E-state index in [0.29, 0.717) is 23.0 Å². The predicted molar refractivity (Wildman–Crippen MR) is 107 cm³/mol. The highest BCUT2D eigenvalue weighted by Gasteiger charge is 2.30. The van der Waals surface area contributed by atoms with E-state index in [2.05, 4.69) is 19.9 Å². The van der Waals surface area contributed by atoms with E-state index in [-0.39, 0.29) is 6.61 Å². The van der Waals surface area contributed by atoms with Gasteiger partial charge in [0.05, 0.1) is 30.3 Å². The first kappa shape index (κ1) is 20.4. The van der Waals surface area contributed by atoms with Gasteiger partial charge in [-0.3, -0.25) is 9.97 Å². The second kappa shape index (κ2) is 8.47. The molecule has 0 spiro atoms. The number of benzene rings is 1. The molecule has 158 valence electrons. The van der Waals surface area contributed by atoms with Gasteiger partial charge in [-0.2, -0.15) is 13.2 Å². The molecule has 1 N–H and O–H groups in total. The number of nitrogens with one attached hydrogen (secondary N) is 1. The molecule has 4 rings (SSSR count). The summed E-state index contributed by atoms with van der Waals surface area (Å²) in [5.74, 6) is 1.73. The van der Waals surface area contributed by atoms with Gasteiger partial charge in [0.15, 0.2) is 0 Å². The lowest BCUT2D eigenvalue weighted by Gasteiger charge is -2.11. The lowest BCUT2D eigenvalue weighted by Crippen LogP contribution is -2.06. The van der Waals surface area contributed by atoms with E-state index in [1.807, 2.05) is 18.2 Å². The van der Waals surface area contributed by atoms with Gasteiger partial charge in [0.1, 0.15) is 23.9 Å². The largest absolute Gasteiger partial charge is 0.496 e.